The van der Waals surface area contributed by atoms with Gasteiger partial charge in [0.25, 0.3) is 5.91 Å². The molecule has 1 N–H and O–H groups in total. The van der Waals surface area contributed by atoms with Gasteiger partial charge in [-0.3, -0.25) is 4.79 Å². The second-order valence-corrected chi connectivity index (χ2v) is 6.51. The van der Waals surface area contributed by atoms with Crippen molar-refractivity contribution < 1.29 is 14.3 Å². The molecular weight excluding hydrogens is 326 g/mol. The van der Waals surface area contributed by atoms with E-state index in [0.717, 1.165) is 23.9 Å². The van der Waals surface area contributed by atoms with E-state index in [1.165, 1.54) is 16.5 Å². The number of nitrogens with one attached hydrogen (secondary N) is 1. The Hall–Kier alpha value is -3.01. The van der Waals surface area contributed by atoms with Gasteiger partial charge in [-0.1, -0.05) is 36.4 Å². The lowest BCUT2D eigenvalue weighted by atomic mass is 10.0. The Bertz CT molecular complexity index is 970. The number of carbonyl (C=O) groups is 1. The summed E-state index contributed by atoms with van der Waals surface area (Å²) >= 11 is 0. The molecule has 0 heterocycles. The van der Waals surface area contributed by atoms with Gasteiger partial charge in [0.1, 0.15) is 0 Å². The Morgan fingerprint density at radius 1 is 0.962 bits per heavy atom. The summed E-state index contributed by atoms with van der Waals surface area (Å²) in [6.07, 6.45) is 1.49. The van der Waals surface area contributed by atoms with Crippen molar-refractivity contribution >= 4 is 22.4 Å². The lowest BCUT2D eigenvalue weighted by Gasteiger charge is -2.17. The van der Waals surface area contributed by atoms with E-state index in [4.69, 9.17) is 9.47 Å². The van der Waals surface area contributed by atoms with Crippen LogP contribution in [0.3, 0.4) is 0 Å². The van der Waals surface area contributed by atoms with Crippen LogP contribution in [0.4, 0.5) is 5.69 Å². The van der Waals surface area contributed by atoms with Crippen molar-refractivity contribution in [2.75, 3.05) is 12.4 Å². The lowest BCUT2D eigenvalue weighted by molar-refractivity contribution is -0.122. The molecule has 0 bridgehead atoms. The maximum Gasteiger partial charge on any atom is 0.265 e. The number of methoxy groups -OCH3 is 1. The SMILES string of the molecule is COc1ccccc1O[C@H](C)C(=O)Nc1ccc2c3c(cccc13)CC2. The highest BCUT2D eigenvalue weighted by Crippen LogP contribution is 2.35. The molecule has 3 aromatic rings. The van der Waals surface area contributed by atoms with Crippen LogP contribution >= 0.6 is 0 Å². The molecular formula is C22H21NO3. The third kappa shape index (κ3) is 2.88. The fourth-order valence-corrected chi connectivity index (χ4v) is 3.55. The Morgan fingerprint density at radius 3 is 2.46 bits per heavy atom. The van der Waals surface area contributed by atoms with Gasteiger partial charge in [0.05, 0.1) is 7.11 Å². The van der Waals surface area contributed by atoms with Crippen LogP contribution in [0.25, 0.3) is 10.8 Å². The highest BCUT2D eigenvalue weighted by molar-refractivity contribution is 6.06. The molecule has 0 unspecified atom stereocenters. The number of rotatable bonds is 5. The van der Waals surface area contributed by atoms with Gasteiger partial charge in [0.15, 0.2) is 17.6 Å². The predicted octanol–water partition coefficient (Wildman–Crippen LogP) is 4.35. The Kier molecular flexibility index (Phi) is 4.25. The molecule has 1 aliphatic carbocycles. The number of ether oxygens (including phenoxy) is 2. The maximum absolute atomic E-state index is 12.7. The predicted molar refractivity (Wildman–Crippen MR) is 103 cm³/mol. The summed E-state index contributed by atoms with van der Waals surface area (Å²) in [5, 5.41) is 5.39. The molecule has 1 atom stereocenters. The smallest absolute Gasteiger partial charge is 0.265 e. The zero-order valence-electron chi connectivity index (χ0n) is 14.9. The fourth-order valence-electron chi connectivity index (χ4n) is 3.55. The number of aryl methyl sites for hydroxylation is 2. The number of anilines is 1. The molecule has 26 heavy (non-hydrogen) atoms. The molecule has 4 nitrogen and oxygen atoms in total. The molecule has 1 amide bonds. The van der Waals surface area contributed by atoms with Crippen LogP contribution in [0.5, 0.6) is 11.5 Å². The summed E-state index contributed by atoms with van der Waals surface area (Å²) in [7, 11) is 1.58. The Balaban J connectivity index is 1.56. The summed E-state index contributed by atoms with van der Waals surface area (Å²) in [5.74, 6) is 0.977. The minimum atomic E-state index is -0.644. The molecule has 0 spiro atoms. The number of hydrogen-bond donors (Lipinski definition) is 1. The van der Waals surface area contributed by atoms with Crippen molar-refractivity contribution in [3.05, 3.63) is 65.7 Å². The van der Waals surface area contributed by atoms with Gasteiger partial charge in [0.2, 0.25) is 0 Å². The van der Waals surface area contributed by atoms with E-state index >= 15 is 0 Å². The van der Waals surface area contributed by atoms with Gasteiger partial charge < -0.3 is 14.8 Å². The maximum atomic E-state index is 12.7. The van der Waals surface area contributed by atoms with Crippen LogP contribution in [-0.2, 0) is 17.6 Å². The summed E-state index contributed by atoms with van der Waals surface area (Å²) in [4.78, 5) is 12.7. The molecule has 132 valence electrons. The largest absolute Gasteiger partial charge is 0.493 e. The molecule has 0 aromatic heterocycles. The molecule has 0 fully saturated rings. The first-order chi connectivity index (χ1) is 12.7. The Labute approximate surface area is 152 Å². The number of para-hydroxylation sites is 2. The average molecular weight is 347 g/mol. The zero-order valence-corrected chi connectivity index (χ0v) is 14.9. The fraction of sp³-hybridized carbons (Fsp3) is 0.227. The van der Waals surface area contributed by atoms with Crippen LogP contribution < -0.4 is 14.8 Å². The summed E-state index contributed by atoms with van der Waals surface area (Å²) in [5.41, 5.74) is 3.53. The number of benzene rings is 3. The average Bonchev–Trinajstić information content (AvgIpc) is 3.09. The standard InChI is InChI=1S/C22H21NO3/c1-14(26-20-9-4-3-8-19(20)25-2)22(24)23-18-13-12-16-11-10-15-6-5-7-17(18)21(15)16/h3-9,12-14H,10-11H2,1-2H3,(H,23,24)/t14-/m1/s1. The monoisotopic (exact) mass is 347 g/mol. The van der Waals surface area contributed by atoms with E-state index in [2.05, 4.69) is 29.6 Å². The lowest BCUT2D eigenvalue weighted by Crippen LogP contribution is -2.30. The molecule has 4 rings (SSSR count). The van der Waals surface area contributed by atoms with E-state index in [1.807, 2.05) is 24.3 Å². The first kappa shape index (κ1) is 16.5. The first-order valence-electron chi connectivity index (χ1n) is 8.81. The molecule has 0 radical (unpaired) electrons. The van der Waals surface area contributed by atoms with E-state index < -0.39 is 6.10 Å². The van der Waals surface area contributed by atoms with Crippen LogP contribution in [0.15, 0.2) is 54.6 Å². The molecule has 0 saturated carbocycles. The van der Waals surface area contributed by atoms with E-state index in [0.29, 0.717) is 11.5 Å². The first-order valence-corrected chi connectivity index (χ1v) is 8.81. The minimum absolute atomic E-state index is 0.186. The number of hydrogen-bond acceptors (Lipinski definition) is 3. The summed E-state index contributed by atoms with van der Waals surface area (Å²) in [6, 6.07) is 17.7. The van der Waals surface area contributed by atoms with Gasteiger partial charge >= 0.3 is 0 Å². The normalized spacial score (nSPS) is 13.5. The molecule has 4 heteroatoms. The van der Waals surface area contributed by atoms with Gasteiger partial charge in [-0.25, -0.2) is 0 Å². The third-order valence-electron chi connectivity index (χ3n) is 4.88. The van der Waals surface area contributed by atoms with Crippen LogP contribution in [0.2, 0.25) is 0 Å². The highest BCUT2D eigenvalue weighted by atomic mass is 16.5. The molecule has 0 aliphatic heterocycles. The van der Waals surface area contributed by atoms with E-state index in [1.54, 1.807) is 20.1 Å². The molecule has 1 aliphatic rings. The second kappa shape index (κ2) is 6.71. The van der Waals surface area contributed by atoms with Crippen molar-refractivity contribution in [3.63, 3.8) is 0 Å². The van der Waals surface area contributed by atoms with Gasteiger partial charge in [0, 0.05) is 11.1 Å². The highest BCUT2D eigenvalue weighted by Gasteiger charge is 2.20. The van der Waals surface area contributed by atoms with Crippen molar-refractivity contribution in [2.45, 2.75) is 25.9 Å². The van der Waals surface area contributed by atoms with Crippen LogP contribution in [-0.4, -0.2) is 19.1 Å². The summed E-state index contributed by atoms with van der Waals surface area (Å²) in [6.45, 7) is 1.74. The van der Waals surface area contributed by atoms with Crippen molar-refractivity contribution in [3.8, 4) is 11.5 Å². The second-order valence-electron chi connectivity index (χ2n) is 6.51. The Morgan fingerprint density at radius 2 is 1.69 bits per heavy atom. The van der Waals surface area contributed by atoms with E-state index in [-0.39, 0.29) is 5.91 Å². The van der Waals surface area contributed by atoms with Gasteiger partial charge in [-0.05, 0) is 54.5 Å². The van der Waals surface area contributed by atoms with Crippen molar-refractivity contribution in [1.82, 2.24) is 0 Å². The van der Waals surface area contributed by atoms with Crippen molar-refractivity contribution in [1.29, 1.82) is 0 Å². The quantitative estimate of drug-likeness (QED) is 0.746. The van der Waals surface area contributed by atoms with Crippen molar-refractivity contribution in [2.24, 2.45) is 0 Å². The number of carbonyl (C=O) groups excluding carboxylic acids is 1. The molecule has 3 aromatic carbocycles. The molecule has 0 saturated heterocycles. The minimum Gasteiger partial charge on any atom is -0.493 e. The zero-order chi connectivity index (χ0) is 18.1. The van der Waals surface area contributed by atoms with Gasteiger partial charge in [-0.2, -0.15) is 0 Å². The topological polar surface area (TPSA) is 47.6 Å². The summed E-state index contributed by atoms with van der Waals surface area (Å²) < 4.78 is 11.1. The third-order valence-corrected chi connectivity index (χ3v) is 4.88. The van der Waals surface area contributed by atoms with Crippen LogP contribution in [0.1, 0.15) is 18.1 Å². The number of amides is 1. The van der Waals surface area contributed by atoms with E-state index in [9.17, 15) is 4.79 Å². The van der Waals surface area contributed by atoms with Gasteiger partial charge in [-0.15, -0.1) is 0 Å². The van der Waals surface area contributed by atoms with Crippen LogP contribution in [0, 0.1) is 0 Å².